The molecule has 1 aromatic heterocycles. The molecule has 2 aliphatic heterocycles. The van der Waals surface area contributed by atoms with Crippen molar-refractivity contribution in [1.29, 1.82) is 0 Å². The minimum atomic E-state index is 0.0505. The summed E-state index contributed by atoms with van der Waals surface area (Å²) in [6.45, 7) is 4.36. The fraction of sp³-hybridized carbons (Fsp3) is 0.609. The molecule has 2 aromatic rings. The number of aryl methyl sites for hydroxylation is 2. The van der Waals surface area contributed by atoms with Crippen LogP contribution in [0.3, 0.4) is 0 Å². The molecule has 2 aliphatic rings. The Morgan fingerprint density at radius 1 is 1.17 bits per heavy atom. The van der Waals surface area contributed by atoms with Gasteiger partial charge in [0.15, 0.2) is 5.96 Å². The fourth-order valence-corrected chi connectivity index (χ4v) is 4.65. The highest BCUT2D eigenvalue weighted by molar-refractivity contribution is 5.79. The van der Waals surface area contributed by atoms with Gasteiger partial charge in [-0.25, -0.2) is 9.48 Å². The molecule has 0 radical (unpaired) electrons. The molecule has 0 saturated carbocycles. The Hall–Kier alpha value is -2.57. The van der Waals surface area contributed by atoms with Crippen molar-refractivity contribution in [3.05, 3.63) is 52.2 Å². The number of nitrogens with one attached hydrogen (secondary N) is 1. The average molecular weight is 411 g/mol. The average Bonchev–Trinajstić information content (AvgIpc) is 3.11. The molecule has 0 atom stereocenters. The van der Waals surface area contributed by atoms with Gasteiger partial charge in [0.25, 0.3) is 0 Å². The van der Waals surface area contributed by atoms with Gasteiger partial charge in [-0.2, -0.15) is 5.10 Å². The highest BCUT2D eigenvalue weighted by atomic mass is 16.2. The lowest BCUT2D eigenvalue weighted by Gasteiger charge is -2.34. The molecule has 0 spiro atoms. The molecule has 0 aliphatic carbocycles. The number of nitrogens with zero attached hydrogens (tertiary/aromatic N) is 5. The monoisotopic (exact) mass is 410 g/mol. The van der Waals surface area contributed by atoms with Gasteiger partial charge in [0, 0.05) is 46.2 Å². The third-order valence-electron chi connectivity index (χ3n) is 6.35. The van der Waals surface area contributed by atoms with Crippen LogP contribution in [-0.2, 0) is 25.9 Å². The number of aromatic nitrogens is 3. The van der Waals surface area contributed by atoms with Gasteiger partial charge in [0.1, 0.15) is 5.82 Å². The smallest absolute Gasteiger partial charge is 0.345 e. The summed E-state index contributed by atoms with van der Waals surface area (Å²) in [7, 11) is 1.85. The van der Waals surface area contributed by atoms with Crippen LogP contribution < -0.4 is 11.0 Å². The number of aliphatic imine (C=N–C) groups is 1. The number of guanidine groups is 1. The lowest BCUT2D eigenvalue weighted by molar-refractivity contribution is 0.259. The number of piperidine rings is 1. The molecule has 0 amide bonds. The summed E-state index contributed by atoms with van der Waals surface area (Å²) in [5, 5.41) is 8.00. The van der Waals surface area contributed by atoms with E-state index < -0.39 is 0 Å². The van der Waals surface area contributed by atoms with Crippen molar-refractivity contribution in [3.63, 3.8) is 0 Å². The minimum absolute atomic E-state index is 0.0505. The molecule has 162 valence electrons. The highest BCUT2D eigenvalue weighted by Gasteiger charge is 2.21. The van der Waals surface area contributed by atoms with Gasteiger partial charge < -0.3 is 10.2 Å². The Morgan fingerprint density at radius 2 is 1.97 bits per heavy atom. The number of benzene rings is 1. The molecule has 1 fully saturated rings. The predicted octanol–water partition coefficient (Wildman–Crippen LogP) is 2.30. The first-order chi connectivity index (χ1) is 14.7. The lowest BCUT2D eigenvalue weighted by Crippen LogP contribution is -2.46. The summed E-state index contributed by atoms with van der Waals surface area (Å²) >= 11 is 0. The van der Waals surface area contributed by atoms with Crippen LogP contribution in [0, 0.1) is 5.92 Å². The Labute approximate surface area is 178 Å². The number of rotatable bonds is 6. The van der Waals surface area contributed by atoms with Crippen molar-refractivity contribution < 1.29 is 0 Å². The largest absolute Gasteiger partial charge is 0.356 e. The predicted molar refractivity (Wildman–Crippen MR) is 120 cm³/mol. The summed E-state index contributed by atoms with van der Waals surface area (Å²) < 4.78 is 3.48. The third-order valence-corrected chi connectivity index (χ3v) is 6.35. The van der Waals surface area contributed by atoms with E-state index in [0.717, 1.165) is 69.6 Å². The SMILES string of the molecule is CN=C(NCCCn1nc2n(c1=O)CCCC2)N1CCC(Cc2ccccc2)CC1. The maximum absolute atomic E-state index is 12.4. The van der Waals surface area contributed by atoms with Gasteiger partial charge in [-0.15, -0.1) is 0 Å². The standard InChI is InChI=1S/C23H34N6O/c1-24-22(27-16-11-20(12-17-27)18-19-8-3-2-4-9-19)25-13-7-15-29-23(30)28-14-6-5-10-21(28)26-29/h2-4,8-9,20H,5-7,10-18H2,1H3,(H,24,25). The first-order valence-corrected chi connectivity index (χ1v) is 11.4. The van der Waals surface area contributed by atoms with Crippen LogP contribution >= 0.6 is 0 Å². The maximum Gasteiger partial charge on any atom is 0.345 e. The van der Waals surface area contributed by atoms with Crippen LogP contribution in [0.2, 0.25) is 0 Å². The van der Waals surface area contributed by atoms with Crippen molar-refractivity contribution >= 4 is 5.96 Å². The van der Waals surface area contributed by atoms with E-state index in [0.29, 0.717) is 6.54 Å². The van der Waals surface area contributed by atoms with Crippen LogP contribution in [-0.4, -0.2) is 51.9 Å². The van der Waals surface area contributed by atoms with Crippen molar-refractivity contribution in [3.8, 4) is 0 Å². The third kappa shape index (κ3) is 4.94. The van der Waals surface area contributed by atoms with E-state index in [2.05, 4.69) is 50.6 Å². The van der Waals surface area contributed by atoms with E-state index >= 15 is 0 Å². The second kappa shape index (κ2) is 9.96. The van der Waals surface area contributed by atoms with E-state index in [-0.39, 0.29) is 5.69 Å². The van der Waals surface area contributed by atoms with Crippen molar-refractivity contribution in [1.82, 2.24) is 24.6 Å². The molecule has 30 heavy (non-hydrogen) atoms. The summed E-state index contributed by atoms with van der Waals surface area (Å²) in [5.41, 5.74) is 1.49. The van der Waals surface area contributed by atoms with Gasteiger partial charge in [-0.3, -0.25) is 9.56 Å². The number of likely N-dealkylation sites (tertiary alicyclic amines) is 1. The van der Waals surface area contributed by atoms with Crippen LogP contribution in [0.25, 0.3) is 0 Å². The first-order valence-electron chi connectivity index (χ1n) is 11.4. The zero-order valence-corrected chi connectivity index (χ0v) is 18.1. The number of hydrogen-bond acceptors (Lipinski definition) is 3. The molecule has 7 nitrogen and oxygen atoms in total. The second-order valence-electron chi connectivity index (χ2n) is 8.48. The summed E-state index contributed by atoms with van der Waals surface area (Å²) in [6, 6.07) is 10.8. The quantitative estimate of drug-likeness (QED) is 0.451. The topological polar surface area (TPSA) is 67.5 Å². The van der Waals surface area contributed by atoms with Crippen molar-refractivity contribution in [2.24, 2.45) is 10.9 Å². The van der Waals surface area contributed by atoms with E-state index in [9.17, 15) is 4.79 Å². The van der Waals surface area contributed by atoms with Crippen molar-refractivity contribution in [2.75, 3.05) is 26.7 Å². The first kappa shape index (κ1) is 20.7. The van der Waals surface area contributed by atoms with E-state index in [1.807, 2.05) is 11.6 Å². The molecule has 3 heterocycles. The normalized spacial score (nSPS) is 17.8. The Kier molecular flexibility index (Phi) is 6.87. The Balaban J connectivity index is 1.20. The van der Waals surface area contributed by atoms with E-state index in [4.69, 9.17) is 0 Å². The van der Waals surface area contributed by atoms with Gasteiger partial charge in [-0.05, 0) is 50.0 Å². The van der Waals surface area contributed by atoms with Crippen LogP contribution in [0.15, 0.2) is 40.1 Å². The Bertz CT molecular complexity index is 892. The summed E-state index contributed by atoms with van der Waals surface area (Å²) in [6.07, 6.45) is 7.57. The molecule has 1 saturated heterocycles. The second-order valence-corrected chi connectivity index (χ2v) is 8.48. The molecule has 0 unspecified atom stereocenters. The van der Waals surface area contributed by atoms with Gasteiger partial charge >= 0.3 is 5.69 Å². The number of hydrogen-bond donors (Lipinski definition) is 1. The summed E-state index contributed by atoms with van der Waals surface area (Å²) in [5.74, 6) is 2.68. The lowest BCUT2D eigenvalue weighted by atomic mass is 9.90. The minimum Gasteiger partial charge on any atom is -0.356 e. The van der Waals surface area contributed by atoms with Crippen LogP contribution in [0.5, 0.6) is 0 Å². The zero-order valence-electron chi connectivity index (χ0n) is 18.1. The van der Waals surface area contributed by atoms with E-state index in [1.165, 1.54) is 24.8 Å². The molecular weight excluding hydrogens is 376 g/mol. The molecule has 7 heteroatoms. The van der Waals surface area contributed by atoms with Crippen LogP contribution in [0.4, 0.5) is 0 Å². The van der Waals surface area contributed by atoms with Gasteiger partial charge in [0.05, 0.1) is 0 Å². The van der Waals surface area contributed by atoms with Gasteiger partial charge in [0.2, 0.25) is 0 Å². The van der Waals surface area contributed by atoms with Crippen molar-refractivity contribution in [2.45, 2.75) is 58.0 Å². The van der Waals surface area contributed by atoms with Gasteiger partial charge in [-0.1, -0.05) is 30.3 Å². The highest BCUT2D eigenvalue weighted by Crippen LogP contribution is 2.21. The molecule has 4 rings (SSSR count). The molecular formula is C23H34N6O. The maximum atomic E-state index is 12.4. The van der Waals surface area contributed by atoms with E-state index in [1.54, 1.807) is 4.68 Å². The molecule has 0 bridgehead atoms. The zero-order chi connectivity index (χ0) is 20.8. The number of fused-ring (bicyclic) bond motifs is 1. The summed E-state index contributed by atoms with van der Waals surface area (Å²) in [4.78, 5) is 19.3. The Morgan fingerprint density at radius 3 is 2.70 bits per heavy atom. The fourth-order valence-electron chi connectivity index (χ4n) is 4.65. The molecule has 1 N–H and O–H groups in total. The van der Waals surface area contributed by atoms with Crippen LogP contribution in [0.1, 0.15) is 43.5 Å². The molecule has 1 aromatic carbocycles.